The molecule has 1 aromatic rings. The van der Waals surface area contributed by atoms with E-state index < -0.39 is 0 Å². The summed E-state index contributed by atoms with van der Waals surface area (Å²) in [6.45, 7) is 2.04. The van der Waals surface area contributed by atoms with Crippen molar-refractivity contribution in [3.05, 3.63) is 23.8 Å². The standard InChI is InChI=1S/C12H17NO4/c1-4-12(14)13-17-8-9-5-6-10(15-2)11(7-9)16-3/h5-7H,4,8H2,1-3H3,(H,13,14). The van der Waals surface area contributed by atoms with Gasteiger partial charge >= 0.3 is 0 Å². The van der Waals surface area contributed by atoms with Gasteiger partial charge in [0, 0.05) is 6.42 Å². The number of amides is 1. The first kappa shape index (κ1) is 13.3. The lowest BCUT2D eigenvalue weighted by Gasteiger charge is -2.09. The van der Waals surface area contributed by atoms with Gasteiger partial charge < -0.3 is 9.47 Å². The Morgan fingerprint density at radius 1 is 1.24 bits per heavy atom. The van der Waals surface area contributed by atoms with Crippen LogP contribution in [0.4, 0.5) is 0 Å². The fraction of sp³-hybridized carbons (Fsp3) is 0.417. The molecule has 0 heterocycles. The maximum absolute atomic E-state index is 10.9. The number of ether oxygens (including phenoxy) is 2. The summed E-state index contributed by atoms with van der Waals surface area (Å²) in [4.78, 5) is 16.0. The van der Waals surface area contributed by atoms with Gasteiger partial charge in [-0.15, -0.1) is 0 Å². The van der Waals surface area contributed by atoms with Gasteiger partial charge in [-0.2, -0.15) is 0 Å². The second-order valence-electron chi connectivity index (χ2n) is 3.36. The third kappa shape index (κ3) is 3.96. The number of benzene rings is 1. The zero-order chi connectivity index (χ0) is 12.7. The topological polar surface area (TPSA) is 56.8 Å². The van der Waals surface area contributed by atoms with Crippen LogP contribution in [0, 0.1) is 0 Å². The van der Waals surface area contributed by atoms with E-state index in [0.29, 0.717) is 17.9 Å². The third-order valence-corrected chi connectivity index (χ3v) is 2.19. The van der Waals surface area contributed by atoms with Gasteiger partial charge in [-0.3, -0.25) is 9.63 Å². The summed E-state index contributed by atoms with van der Waals surface area (Å²) < 4.78 is 10.3. The number of nitrogens with one attached hydrogen (secondary N) is 1. The molecule has 0 aliphatic heterocycles. The molecule has 1 rings (SSSR count). The third-order valence-electron chi connectivity index (χ3n) is 2.19. The van der Waals surface area contributed by atoms with Crippen LogP contribution in [-0.2, 0) is 16.2 Å². The van der Waals surface area contributed by atoms with E-state index in [1.807, 2.05) is 6.07 Å². The Balaban J connectivity index is 2.57. The minimum atomic E-state index is -0.148. The summed E-state index contributed by atoms with van der Waals surface area (Å²) in [5, 5.41) is 0. The first-order chi connectivity index (χ1) is 8.21. The van der Waals surface area contributed by atoms with Gasteiger partial charge in [-0.25, -0.2) is 5.48 Å². The van der Waals surface area contributed by atoms with Crippen LogP contribution >= 0.6 is 0 Å². The number of hydrogen-bond acceptors (Lipinski definition) is 4. The molecule has 0 atom stereocenters. The molecule has 1 N–H and O–H groups in total. The van der Waals surface area contributed by atoms with E-state index in [9.17, 15) is 4.79 Å². The van der Waals surface area contributed by atoms with Crippen molar-refractivity contribution in [2.24, 2.45) is 0 Å². The van der Waals surface area contributed by atoms with Crippen molar-refractivity contribution >= 4 is 5.91 Å². The van der Waals surface area contributed by atoms with Crippen LogP contribution in [-0.4, -0.2) is 20.1 Å². The van der Waals surface area contributed by atoms with E-state index in [0.717, 1.165) is 5.56 Å². The second kappa shape index (κ2) is 6.75. The maximum Gasteiger partial charge on any atom is 0.243 e. The zero-order valence-corrected chi connectivity index (χ0v) is 10.3. The Bertz CT molecular complexity index is 379. The van der Waals surface area contributed by atoms with Crippen molar-refractivity contribution in [2.75, 3.05) is 14.2 Å². The quantitative estimate of drug-likeness (QED) is 0.767. The van der Waals surface area contributed by atoms with Crippen LogP contribution in [0.3, 0.4) is 0 Å². The van der Waals surface area contributed by atoms with Crippen molar-refractivity contribution in [1.29, 1.82) is 0 Å². The Morgan fingerprint density at radius 2 is 1.94 bits per heavy atom. The van der Waals surface area contributed by atoms with E-state index in [-0.39, 0.29) is 12.5 Å². The van der Waals surface area contributed by atoms with Gasteiger partial charge in [-0.05, 0) is 17.7 Å². The van der Waals surface area contributed by atoms with Gasteiger partial charge in [0.05, 0.1) is 20.8 Å². The number of carbonyl (C=O) groups excluding carboxylic acids is 1. The summed E-state index contributed by atoms with van der Waals surface area (Å²) >= 11 is 0. The number of methoxy groups -OCH3 is 2. The predicted molar refractivity (Wildman–Crippen MR) is 62.8 cm³/mol. The molecule has 17 heavy (non-hydrogen) atoms. The number of carbonyl (C=O) groups is 1. The van der Waals surface area contributed by atoms with E-state index in [4.69, 9.17) is 14.3 Å². The van der Waals surface area contributed by atoms with Gasteiger partial charge in [-0.1, -0.05) is 13.0 Å². The van der Waals surface area contributed by atoms with E-state index in [1.165, 1.54) is 0 Å². The first-order valence-electron chi connectivity index (χ1n) is 5.32. The lowest BCUT2D eigenvalue weighted by molar-refractivity contribution is -0.134. The smallest absolute Gasteiger partial charge is 0.243 e. The summed E-state index contributed by atoms with van der Waals surface area (Å²) in [6.07, 6.45) is 0.395. The normalized spacial score (nSPS) is 9.82. The lowest BCUT2D eigenvalue weighted by Crippen LogP contribution is -2.22. The monoisotopic (exact) mass is 239 g/mol. The molecule has 0 aliphatic rings. The molecule has 1 amide bonds. The number of hydroxylamine groups is 1. The fourth-order valence-corrected chi connectivity index (χ4v) is 1.24. The Labute approximate surface area is 101 Å². The Hall–Kier alpha value is -1.75. The van der Waals surface area contributed by atoms with Crippen molar-refractivity contribution in [1.82, 2.24) is 5.48 Å². The van der Waals surface area contributed by atoms with Gasteiger partial charge in [0.25, 0.3) is 0 Å². The van der Waals surface area contributed by atoms with E-state index in [1.54, 1.807) is 33.3 Å². The predicted octanol–water partition coefficient (Wildman–Crippen LogP) is 1.66. The van der Waals surface area contributed by atoms with Crippen LogP contribution in [0.15, 0.2) is 18.2 Å². The Morgan fingerprint density at radius 3 is 2.53 bits per heavy atom. The molecule has 94 valence electrons. The number of rotatable bonds is 6. The summed E-state index contributed by atoms with van der Waals surface area (Å²) in [6, 6.07) is 5.44. The zero-order valence-electron chi connectivity index (χ0n) is 10.3. The van der Waals surface area contributed by atoms with Crippen LogP contribution in [0.25, 0.3) is 0 Å². The van der Waals surface area contributed by atoms with E-state index in [2.05, 4.69) is 5.48 Å². The molecular weight excluding hydrogens is 222 g/mol. The molecule has 0 radical (unpaired) electrons. The van der Waals surface area contributed by atoms with E-state index >= 15 is 0 Å². The molecule has 0 aliphatic carbocycles. The molecule has 0 saturated carbocycles. The van der Waals surface area contributed by atoms with Gasteiger partial charge in [0.1, 0.15) is 0 Å². The van der Waals surface area contributed by atoms with Crippen molar-refractivity contribution in [3.63, 3.8) is 0 Å². The molecule has 0 saturated heterocycles. The first-order valence-corrected chi connectivity index (χ1v) is 5.32. The minimum absolute atomic E-state index is 0.148. The highest BCUT2D eigenvalue weighted by Crippen LogP contribution is 2.27. The highest BCUT2D eigenvalue weighted by molar-refractivity contribution is 5.74. The van der Waals surface area contributed by atoms with Crippen LogP contribution in [0.1, 0.15) is 18.9 Å². The molecule has 5 heteroatoms. The Kier molecular flexibility index (Phi) is 5.29. The average Bonchev–Trinajstić information content (AvgIpc) is 2.38. The molecular formula is C12H17NO4. The lowest BCUT2D eigenvalue weighted by atomic mass is 10.2. The largest absolute Gasteiger partial charge is 0.493 e. The summed E-state index contributed by atoms with van der Waals surface area (Å²) in [5.74, 6) is 1.15. The highest BCUT2D eigenvalue weighted by Gasteiger charge is 2.05. The SMILES string of the molecule is CCC(=O)NOCc1ccc(OC)c(OC)c1. The molecule has 0 unspecified atom stereocenters. The summed E-state index contributed by atoms with van der Waals surface area (Å²) in [7, 11) is 3.15. The van der Waals surface area contributed by atoms with Crippen molar-refractivity contribution in [3.8, 4) is 11.5 Å². The van der Waals surface area contributed by atoms with Crippen LogP contribution < -0.4 is 15.0 Å². The molecule has 0 fully saturated rings. The fourth-order valence-electron chi connectivity index (χ4n) is 1.24. The van der Waals surface area contributed by atoms with Crippen LogP contribution in [0.5, 0.6) is 11.5 Å². The minimum Gasteiger partial charge on any atom is -0.493 e. The molecule has 1 aromatic carbocycles. The molecule has 5 nitrogen and oxygen atoms in total. The highest BCUT2D eigenvalue weighted by atomic mass is 16.6. The maximum atomic E-state index is 10.9. The average molecular weight is 239 g/mol. The molecule has 0 aromatic heterocycles. The van der Waals surface area contributed by atoms with Crippen molar-refractivity contribution in [2.45, 2.75) is 20.0 Å². The molecule has 0 bridgehead atoms. The molecule has 0 spiro atoms. The summed E-state index contributed by atoms with van der Waals surface area (Å²) in [5.41, 5.74) is 3.22. The van der Waals surface area contributed by atoms with Gasteiger partial charge in [0.2, 0.25) is 5.91 Å². The number of hydrogen-bond donors (Lipinski definition) is 1. The van der Waals surface area contributed by atoms with Crippen molar-refractivity contribution < 1.29 is 19.1 Å². The van der Waals surface area contributed by atoms with Crippen LogP contribution in [0.2, 0.25) is 0 Å². The van der Waals surface area contributed by atoms with Gasteiger partial charge in [0.15, 0.2) is 11.5 Å². The second-order valence-corrected chi connectivity index (χ2v) is 3.36.